The van der Waals surface area contributed by atoms with Crippen LogP contribution < -0.4 is 0 Å². The third-order valence-corrected chi connectivity index (χ3v) is 4.06. The molecule has 0 amide bonds. The van der Waals surface area contributed by atoms with Gasteiger partial charge in [0.15, 0.2) is 4.34 Å². The van der Waals surface area contributed by atoms with Gasteiger partial charge in [0.25, 0.3) is 0 Å². The molecule has 0 unspecified atom stereocenters. The fourth-order valence-electron chi connectivity index (χ4n) is 1.33. The average Bonchev–Trinajstić information content (AvgIpc) is 2.64. The van der Waals surface area contributed by atoms with Crippen molar-refractivity contribution in [3.05, 3.63) is 34.8 Å². The van der Waals surface area contributed by atoms with E-state index in [-0.39, 0.29) is 0 Å². The lowest BCUT2D eigenvalue weighted by atomic mass is 10.1. The first-order valence-corrected chi connectivity index (χ1v) is 6.55. The molecule has 5 heteroatoms. The van der Waals surface area contributed by atoms with Crippen molar-refractivity contribution in [2.75, 3.05) is 0 Å². The quantitative estimate of drug-likeness (QED) is 0.912. The Hall–Kier alpha value is -0.910. The van der Waals surface area contributed by atoms with Crippen molar-refractivity contribution in [1.29, 1.82) is 0 Å². The van der Waals surface area contributed by atoms with Gasteiger partial charge in [0, 0.05) is 4.90 Å². The molecule has 0 saturated heterocycles. The summed E-state index contributed by atoms with van der Waals surface area (Å²) in [5, 5.41) is 18.6. The van der Waals surface area contributed by atoms with Crippen LogP contribution in [0, 0.1) is 6.92 Å². The van der Waals surface area contributed by atoms with E-state index in [4.69, 9.17) is 0 Å². The first-order valence-electron chi connectivity index (χ1n) is 4.92. The molecular formula is C11H12N2OS2. The van der Waals surface area contributed by atoms with Gasteiger partial charge >= 0.3 is 0 Å². The maximum absolute atomic E-state index is 9.64. The number of hydrogen-bond donors (Lipinski definition) is 1. The third-order valence-electron chi connectivity index (χ3n) is 2.07. The van der Waals surface area contributed by atoms with Crippen molar-refractivity contribution in [3.63, 3.8) is 0 Å². The second kappa shape index (κ2) is 4.95. The molecule has 0 aliphatic heterocycles. The van der Waals surface area contributed by atoms with E-state index < -0.39 is 6.10 Å². The van der Waals surface area contributed by atoms with E-state index >= 15 is 0 Å². The predicted molar refractivity (Wildman–Crippen MR) is 65.8 cm³/mol. The fraction of sp³-hybridized carbons (Fsp3) is 0.273. The topological polar surface area (TPSA) is 46.0 Å². The molecular weight excluding hydrogens is 240 g/mol. The normalized spacial score (nSPS) is 12.7. The maximum atomic E-state index is 9.64. The summed E-state index contributed by atoms with van der Waals surface area (Å²) in [5.41, 5.74) is 0.931. The zero-order valence-electron chi connectivity index (χ0n) is 9.04. The van der Waals surface area contributed by atoms with Crippen LogP contribution >= 0.6 is 23.1 Å². The van der Waals surface area contributed by atoms with Crippen LogP contribution in [0.5, 0.6) is 0 Å². The summed E-state index contributed by atoms with van der Waals surface area (Å²) >= 11 is 3.11. The molecule has 1 atom stereocenters. The molecule has 0 aliphatic rings. The van der Waals surface area contributed by atoms with Crippen LogP contribution in [0.3, 0.4) is 0 Å². The lowest BCUT2D eigenvalue weighted by molar-refractivity contribution is 0.196. The van der Waals surface area contributed by atoms with Crippen molar-refractivity contribution >= 4 is 23.1 Å². The summed E-state index contributed by atoms with van der Waals surface area (Å²) in [4.78, 5) is 1.04. The van der Waals surface area contributed by atoms with Crippen molar-refractivity contribution in [1.82, 2.24) is 10.2 Å². The largest absolute Gasteiger partial charge is 0.389 e. The molecule has 0 aliphatic carbocycles. The molecule has 16 heavy (non-hydrogen) atoms. The molecule has 0 saturated carbocycles. The Morgan fingerprint density at radius 2 is 2.06 bits per heavy atom. The van der Waals surface area contributed by atoms with Gasteiger partial charge in [-0.15, -0.1) is 10.2 Å². The molecule has 2 rings (SSSR count). The highest BCUT2D eigenvalue weighted by Gasteiger charge is 2.10. The lowest BCUT2D eigenvalue weighted by Crippen LogP contribution is -1.93. The Bertz CT molecular complexity index is 482. The van der Waals surface area contributed by atoms with Crippen molar-refractivity contribution in [2.24, 2.45) is 0 Å². The fourth-order valence-corrected chi connectivity index (χ4v) is 3.32. The van der Waals surface area contributed by atoms with E-state index in [1.54, 1.807) is 30.0 Å². The van der Waals surface area contributed by atoms with Crippen molar-refractivity contribution in [2.45, 2.75) is 29.2 Å². The van der Waals surface area contributed by atoms with Crippen LogP contribution in [-0.2, 0) is 0 Å². The minimum Gasteiger partial charge on any atom is -0.389 e. The standard InChI is InChI=1S/C11H12N2OS2/c1-7(14)9-5-3-4-6-10(9)16-11-13-12-8(2)15-11/h3-7,14H,1-2H3/t7-/m0/s1. The molecule has 1 aromatic heterocycles. The smallest absolute Gasteiger partial charge is 0.179 e. The van der Waals surface area contributed by atoms with Crippen LogP contribution in [0.25, 0.3) is 0 Å². The van der Waals surface area contributed by atoms with Crippen LogP contribution in [0.15, 0.2) is 33.5 Å². The molecule has 84 valence electrons. The monoisotopic (exact) mass is 252 g/mol. The van der Waals surface area contributed by atoms with Gasteiger partial charge in [0.2, 0.25) is 0 Å². The number of nitrogens with zero attached hydrogens (tertiary/aromatic N) is 2. The molecule has 2 aromatic rings. The Kier molecular flexibility index (Phi) is 3.58. The van der Waals surface area contributed by atoms with Gasteiger partial charge in [0.1, 0.15) is 5.01 Å². The second-order valence-corrected chi connectivity index (χ2v) is 5.87. The molecule has 1 heterocycles. The van der Waals surface area contributed by atoms with Gasteiger partial charge in [-0.05, 0) is 25.5 Å². The molecule has 0 fully saturated rings. The molecule has 1 N–H and O–H groups in total. The van der Waals surface area contributed by atoms with Gasteiger partial charge in [-0.25, -0.2) is 0 Å². The number of aromatic nitrogens is 2. The molecule has 0 bridgehead atoms. The Morgan fingerprint density at radius 1 is 1.31 bits per heavy atom. The highest BCUT2D eigenvalue weighted by Crippen LogP contribution is 2.34. The maximum Gasteiger partial charge on any atom is 0.179 e. The zero-order chi connectivity index (χ0) is 11.5. The van der Waals surface area contributed by atoms with Gasteiger partial charge in [-0.1, -0.05) is 41.3 Å². The van der Waals surface area contributed by atoms with E-state index in [0.29, 0.717) is 0 Å². The molecule has 1 aromatic carbocycles. The minimum atomic E-state index is -0.460. The number of rotatable bonds is 3. The number of hydrogen-bond acceptors (Lipinski definition) is 5. The van der Waals surface area contributed by atoms with Crippen molar-refractivity contribution < 1.29 is 5.11 Å². The number of aryl methyl sites for hydroxylation is 1. The second-order valence-electron chi connectivity index (χ2n) is 3.40. The first-order chi connectivity index (χ1) is 7.66. The van der Waals surface area contributed by atoms with Gasteiger partial charge < -0.3 is 5.11 Å². The van der Waals surface area contributed by atoms with Crippen LogP contribution in [-0.4, -0.2) is 15.3 Å². The highest BCUT2D eigenvalue weighted by molar-refractivity contribution is 8.01. The molecule has 0 spiro atoms. The summed E-state index contributed by atoms with van der Waals surface area (Å²) in [5.74, 6) is 0. The summed E-state index contributed by atoms with van der Waals surface area (Å²) in [6.45, 7) is 3.70. The van der Waals surface area contributed by atoms with E-state index in [2.05, 4.69) is 10.2 Å². The van der Waals surface area contributed by atoms with Gasteiger partial charge in [0.05, 0.1) is 6.10 Å². The number of benzene rings is 1. The Morgan fingerprint density at radius 3 is 2.69 bits per heavy atom. The van der Waals surface area contributed by atoms with Crippen LogP contribution in [0.2, 0.25) is 0 Å². The SMILES string of the molecule is Cc1nnc(Sc2ccccc2[C@H](C)O)s1. The third kappa shape index (κ3) is 2.61. The first kappa shape index (κ1) is 11.6. The Balaban J connectivity index is 2.27. The van der Waals surface area contributed by atoms with Crippen LogP contribution in [0.4, 0.5) is 0 Å². The van der Waals surface area contributed by atoms with E-state index in [1.165, 1.54) is 0 Å². The number of aliphatic hydroxyl groups is 1. The average molecular weight is 252 g/mol. The zero-order valence-corrected chi connectivity index (χ0v) is 10.7. The molecule has 3 nitrogen and oxygen atoms in total. The summed E-state index contributed by atoms with van der Waals surface area (Å²) in [6.07, 6.45) is -0.460. The minimum absolute atomic E-state index is 0.460. The van der Waals surface area contributed by atoms with Crippen LogP contribution in [0.1, 0.15) is 23.6 Å². The number of aliphatic hydroxyl groups excluding tert-OH is 1. The van der Waals surface area contributed by atoms with Crippen molar-refractivity contribution in [3.8, 4) is 0 Å². The summed E-state index contributed by atoms with van der Waals surface area (Å²) in [6, 6.07) is 7.81. The van der Waals surface area contributed by atoms with E-state index in [0.717, 1.165) is 19.8 Å². The summed E-state index contributed by atoms with van der Waals surface area (Å²) in [7, 11) is 0. The highest BCUT2D eigenvalue weighted by atomic mass is 32.2. The van der Waals surface area contributed by atoms with Gasteiger partial charge in [-0.2, -0.15) is 0 Å². The lowest BCUT2D eigenvalue weighted by Gasteiger charge is -2.09. The van der Waals surface area contributed by atoms with Gasteiger partial charge in [-0.3, -0.25) is 0 Å². The van der Waals surface area contributed by atoms with E-state index in [9.17, 15) is 5.11 Å². The van der Waals surface area contributed by atoms with E-state index in [1.807, 2.05) is 31.2 Å². The summed E-state index contributed by atoms with van der Waals surface area (Å²) < 4.78 is 0.908. The Labute approximate surface area is 103 Å². The molecule has 0 radical (unpaired) electrons. The predicted octanol–water partition coefficient (Wildman–Crippen LogP) is 3.05.